The van der Waals surface area contributed by atoms with Crippen LogP contribution in [-0.4, -0.2) is 42.8 Å². The smallest absolute Gasteiger partial charge is 0.0706 e. The van der Waals surface area contributed by atoms with E-state index in [2.05, 4.69) is 11.8 Å². The van der Waals surface area contributed by atoms with Crippen LogP contribution in [-0.2, 0) is 4.74 Å². The van der Waals surface area contributed by atoms with Crippen LogP contribution in [0.3, 0.4) is 0 Å². The molecule has 2 fully saturated rings. The number of ether oxygens (including phenoxy) is 1. The summed E-state index contributed by atoms with van der Waals surface area (Å²) in [6.07, 6.45) is 4.56. The van der Waals surface area contributed by atoms with E-state index in [4.69, 9.17) is 10.5 Å². The van der Waals surface area contributed by atoms with Crippen molar-refractivity contribution in [1.29, 1.82) is 0 Å². The first-order valence-corrected chi connectivity index (χ1v) is 5.37. The van der Waals surface area contributed by atoms with Crippen LogP contribution >= 0.6 is 0 Å². The fraction of sp³-hybridized carbons (Fsp3) is 1.00. The number of hydrogen-bond donors (Lipinski definition) is 1. The van der Waals surface area contributed by atoms with Gasteiger partial charge in [0.05, 0.1) is 12.2 Å². The molecule has 2 N–H and O–H groups in total. The number of hydrogen-bond acceptors (Lipinski definition) is 3. The molecule has 3 nitrogen and oxygen atoms in total. The maximum atomic E-state index is 5.84. The van der Waals surface area contributed by atoms with E-state index in [1.165, 1.54) is 12.8 Å². The van der Waals surface area contributed by atoms with Crippen molar-refractivity contribution >= 4 is 0 Å². The third kappa shape index (κ3) is 2.42. The first-order valence-electron chi connectivity index (χ1n) is 5.37. The van der Waals surface area contributed by atoms with Crippen molar-refractivity contribution in [2.24, 2.45) is 5.73 Å². The van der Waals surface area contributed by atoms with Crippen LogP contribution in [0.15, 0.2) is 0 Å². The quantitative estimate of drug-likeness (QED) is 0.682. The van der Waals surface area contributed by atoms with Crippen LogP contribution in [0.1, 0.15) is 26.2 Å². The second-order valence-corrected chi connectivity index (χ2v) is 4.45. The molecule has 0 radical (unpaired) electrons. The third-order valence-corrected chi connectivity index (χ3v) is 3.09. The largest absolute Gasteiger partial charge is 0.374 e. The zero-order chi connectivity index (χ0) is 9.26. The molecule has 2 saturated heterocycles. The van der Waals surface area contributed by atoms with E-state index in [0.717, 1.165) is 26.1 Å². The van der Waals surface area contributed by atoms with Gasteiger partial charge in [0.2, 0.25) is 0 Å². The Labute approximate surface area is 80.2 Å². The van der Waals surface area contributed by atoms with Crippen LogP contribution in [0, 0.1) is 0 Å². The molecular weight excluding hydrogens is 164 g/mol. The van der Waals surface area contributed by atoms with E-state index < -0.39 is 0 Å². The fourth-order valence-electron chi connectivity index (χ4n) is 2.34. The first-order chi connectivity index (χ1) is 6.24. The number of nitrogens with two attached hydrogens (primary N) is 1. The molecule has 0 saturated carbocycles. The fourth-order valence-corrected chi connectivity index (χ4v) is 2.34. The van der Waals surface area contributed by atoms with Gasteiger partial charge in [0.25, 0.3) is 0 Å². The van der Waals surface area contributed by atoms with Gasteiger partial charge in [-0.15, -0.1) is 0 Å². The number of likely N-dealkylation sites (tertiary alicyclic amines) is 1. The van der Waals surface area contributed by atoms with Gasteiger partial charge in [-0.2, -0.15) is 0 Å². The van der Waals surface area contributed by atoms with Crippen LogP contribution in [0.4, 0.5) is 0 Å². The summed E-state index contributed by atoms with van der Waals surface area (Å²) in [5.74, 6) is 0. The second-order valence-electron chi connectivity index (χ2n) is 4.45. The summed E-state index contributed by atoms with van der Waals surface area (Å²) < 4.78 is 5.78. The molecule has 2 aliphatic heterocycles. The summed E-state index contributed by atoms with van der Waals surface area (Å²) in [7, 11) is 0. The van der Waals surface area contributed by atoms with Gasteiger partial charge in [0, 0.05) is 19.1 Å². The highest BCUT2D eigenvalue weighted by Crippen LogP contribution is 2.21. The van der Waals surface area contributed by atoms with Gasteiger partial charge in [-0.3, -0.25) is 4.90 Å². The lowest BCUT2D eigenvalue weighted by Crippen LogP contribution is -2.33. The first kappa shape index (κ1) is 9.44. The monoisotopic (exact) mass is 184 g/mol. The molecule has 2 heterocycles. The van der Waals surface area contributed by atoms with Gasteiger partial charge in [-0.05, 0) is 32.7 Å². The summed E-state index contributed by atoms with van der Waals surface area (Å²) in [5.41, 5.74) is 5.84. The summed E-state index contributed by atoms with van der Waals surface area (Å²) in [4.78, 5) is 2.44. The topological polar surface area (TPSA) is 38.5 Å². The Morgan fingerprint density at radius 3 is 2.77 bits per heavy atom. The molecule has 0 aromatic rings. The zero-order valence-electron chi connectivity index (χ0n) is 8.41. The highest BCUT2D eigenvalue weighted by Gasteiger charge is 2.26. The lowest BCUT2D eigenvalue weighted by Gasteiger charge is -2.19. The summed E-state index contributed by atoms with van der Waals surface area (Å²) in [5, 5.41) is 0. The maximum Gasteiger partial charge on any atom is 0.0706 e. The van der Waals surface area contributed by atoms with Crippen molar-refractivity contribution in [3.63, 3.8) is 0 Å². The minimum absolute atomic E-state index is 0.402. The minimum Gasteiger partial charge on any atom is -0.374 e. The van der Waals surface area contributed by atoms with Gasteiger partial charge < -0.3 is 10.5 Å². The Bertz CT molecular complexity index is 156. The molecule has 0 aliphatic carbocycles. The molecule has 3 heteroatoms. The Kier molecular flexibility index (Phi) is 2.86. The number of nitrogens with zero attached hydrogens (tertiary/aromatic N) is 1. The highest BCUT2D eigenvalue weighted by atomic mass is 16.5. The summed E-state index contributed by atoms with van der Waals surface area (Å²) in [6.45, 7) is 5.48. The van der Waals surface area contributed by atoms with E-state index in [1.54, 1.807) is 0 Å². The molecule has 13 heavy (non-hydrogen) atoms. The normalized spacial score (nSPS) is 41.5. The van der Waals surface area contributed by atoms with E-state index in [-0.39, 0.29) is 0 Å². The summed E-state index contributed by atoms with van der Waals surface area (Å²) in [6, 6.07) is 0.402. The molecule has 2 rings (SSSR count). The van der Waals surface area contributed by atoms with Crippen molar-refractivity contribution in [3.8, 4) is 0 Å². The Balaban J connectivity index is 1.72. The molecule has 3 unspecified atom stereocenters. The van der Waals surface area contributed by atoms with Crippen molar-refractivity contribution in [1.82, 2.24) is 4.90 Å². The second kappa shape index (κ2) is 3.95. The predicted octanol–water partition coefficient (Wildman–Crippen LogP) is 0.587. The summed E-state index contributed by atoms with van der Waals surface area (Å²) >= 11 is 0. The highest BCUT2D eigenvalue weighted by molar-refractivity contribution is 4.81. The lowest BCUT2D eigenvalue weighted by atomic mass is 10.2. The van der Waals surface area contributed by atoms with E-state index >= 15 is 0 Å². The average molecular weight is 184 g/mol. The SMILES string of the molecule is CC1CCC(CN2CCC(N)C2)O1. The molecule has 2 aliphatic rings. The average Bonchev–Trinajstić information content (AvgIpc) is 2.62. The molecule has 0 aromatic carbocycles. The predicted molar refractivity (Wildman–Crippen MR) is 52.6 cm³/mol. The van der Waals surface area contributed by atoms with E-state index in [9.17, 15) is 0 Å². The van der Waals surface area contributed by atoms with E-state index in [0.29, 0.717) is 18.2 Å². The standard InChI is InChI=1S/C10H20N2O/c1-8-2-3-10(13-8)7-12-5-4-9(11)6-12/h8-10H,2-7,11H2,1H3. The third-order valence-electron chi connectivity index (χ3n) is 3.09. The van der Waals surface area contributed by atoms with Crippen molar-refractivity contribution in [2.75, 3.05) is 19.6 Å². The molecule has 0 amide bonds. The zero-order valence-corrected chi connectivity index (χ0v) is 8.41. The van der Waals surface area contributed by atoms with E-state index in [1.807, 2.05) is 0 Å². The molecular formula is C10H20N2O. The molecule has 3 atom stereocenters. The van der Waals surface area contributed by atoms with Crippen molar-refractivity contribution < 1.29 is 4.74 Å². The van der Waals surface area contributed by atoms with Crippen LogP contribution in [0.25, 0.3) is 0 Å². The van der Waals surface area contributed by atoms with Crippen molar-refractivity contribution in [3.05, 3.63) is 0 Å². The van der Waals surface area contributed by atoms with Crippen LogP contribution in [0.2, 0.25) is 0 Å². The van der Waals surface area contributed by atoms with Crippen molar-refractivity contribution in [2.45, 2.75) is 44.4 Å². The van der Waals surface area contributed by atoms with Gasteiger partial charge in [-0.25, -0.2) is 0 Å². The molecule has 0 aromatic heterocycles. The maximum absolute atomic E-state index is 5.84. The Hall–Kier alpha value is -0.120. The minimum atomic E-state index is 0.402. The van der Waals surface area contributed by atoms with Gasteiger partial charge in [0.15, 0.2) is 0 Å². The molecule has 0 spiro atoms. The molecule has 76 valence electrons. The molecule has 0 bridgehead atoms. The number of rotatable bonds is 2. The Morgan fingerprint density at radius 2 is 2.23 bits per heavy atom. The van der Waals surface area contributed by atoms with Gasteiger partial charge >= 0.3 is 0 Å². The lowest BCUT2D eigenvalue weighted by molar-refractivity contribution is 0.0359. The van der Waals surface area contributed by atoms with Crippen LogP contribution < -0.4 is 5.73 Å². The Morgan fingerprint density at radius 1 is 1.38 bits per heavy atom. The van der Waals surface area contributed by atoms with Gasteiger partial charge in [-0.1, -0.05) is 0 Å². The van der Waals surface area contributed by atoms with Crippen LogP contribution in [0.5, 0.6) is 0 Å². The van der Waals surface area contributed by atoms with Gasteiger partial charge in [0.1, 0.15) is 0 Å².